The lowest BCUT2D eigenvalue weighted by atomic mass is 10.0. The number of Topliss-reactive ketones (excluding diaryl/α,β-unsaturated/α-hetero) is 1. The van der Waals surface area contributed by atoms with E-state index < -0.39 is 0 Å². The second-order valence-corrected chi connectivity index (χ2v) is 6.88. The molecule has 5 heteroatoms. The Bertz CT molecular complexity index is 1030. The summed E-state index contributed by atoms with van der Waals surface area (Å²) in [6.07, 6.45) is 3.91. The number of amides is 1. The van der Waals surface area contributed by atoms with Crippen molar-refractivity contribution in [2.24, 2.45) is 0 Å². The normalized spacial score (nSPS) is 13.0. The van der Waals surface area contributed by atoms with Crippen molar-refractivity contribution in [2.75, 3.05) is 16.8 Å². The number of anilines is 3. The summed E-state index contributed by atoms with van der Waals surface area (Å²) in [5.41, 5.74) is 4.98. The quantitative estimate of drug-likeness (QED) is 0.680. The fourth-order valence-electron chi connectivity index (χ4n) is 3.49. The predicted molar refractivity (Wildman–Crippen MR) is 110 cm³/mol. The van der Waals surface area contributed by atoms with Gasteiger partial charge in [0.15, 0.2) is 5.78 Å². The lowest BCUT2D eigenvalue weighted by Crippen LogP contribution is -2.24. The molecule has 0 saturated heterocycles. The molecule has 1 aromatic heterocycles. The van der Waals surface area contributed by atoms with Gasteiger partial charge in [0.05, 0.1) is 11.9 Å². The molecule has 0 spiro atoms. The topological polar surface area (TPSA) is 62.3 Å². The maximum Gasteiger partial charge on any atom is 0.274 e. The Kier molecular flexibility index (Phi) is 4.89. The van der Waals surface area contributed by atoms with Gasteiger partial charge in [-0.15, -0.1) is 0 Å². The van der Waals surface area contributed by atoms with Gasteiger partial charge in [0.2, 0.25) is 0 Å². The minimum absolute atomic E-state index is 0.0413. The summed E-state index contributed by atoms with van der Waals surface area (Å²) in [5.74, 6) is -0.341. The van der Waals surface area contributed by atoms with E-state index in [4.69, 9.17) is 0 Å². The summed E-state index contributed by atoms with van der Waals surface area (Å²) < 4.78 is 0. The van der Waals surface area contributed by atoms with Gasteiger partial charge < -0.3 is 10.2 Å². The van der Waals surface area contributed by atoms with Crippen molar-refractivity contribution < 1.29 is 9.59 Å². The first-order valence-electron chi connectivity index (χ1n) is 9.36. The Morgan fingerprint density at radius 3 is 2.68 bits per heavy atom. The van der Waals surface area contributed by atoms with Gasteiger partial charge in [-0.3, -0.25) is 9.59 Å². The van der Waals surface area contributed by atoms with Crippen LogP contribution in [0.4, 0.5) is 17.1 Å². The highest BCUT2D eigenvalue weighted by molar-refractivity contribution is 6.04. The molecule has 4 rings (SSSR count). The molecule has 1 N–H and O–H groups in total. The number of aromatic nitrogens is 1. The molecule has 0 aliphatic carbocycles. The molecule has 1 aliphatic heterocycles. The van der Waals surface area contributed by atoms with Crippen LogP contribution >= 0.6 is 0 Å². The maximum absolute atomic E-state index is 12.5. The number of carbonyl (C=O) groups is 2. The van der Waals surface area contributed by atoms with Gasteiger partial charge in [-0.1, -0.05) is 30.3 Å². The van der Waals surface area contributed by atoms with Crippen molar-refractivity contribution in [1.29, 1.82) is 0 Å². The number of nitrogens with zero attached hydrogens (tertiary/aromatic N) is 2. The first-order chi connectivity index (χ1) is 13.6. The Balaban J connectivity index is 1.52. The van der Waals surface area contributed by atoms with E-state index in [1.54, 1.807) is 36.5 Å². The van der Waals surface area contributed by atoms with Gasteiger partial charge in [0.1, 0.15) is 5.69 Å². The van der Waals surface area contributed by atoms with E-state index in [1.807, 2.05) is 12.1 Å². The van der Waals surface area contributed by atoms with Crippen LogP contribution in [0.25, 0.3) is 0 Å². The highest BCUT2D eigenvalue weighted by atomic mass is 16.2. The molecule has 0 atom stereocenters. The van der Waals surface area contributed by atoms with Gasteiger partial charge in [-0.2, -0.15) is 0 Å². The van der Waals surface area contributed by atoms with Crippen molar-refractivity contribution in [1.82, 2.24) is 4.98 Å². The van der Waals surface area contributed by atoms with E-state index in [0.29, 0.717) is 16.9 Å². The number of hydrogen-bond donors (Lipinski definition) is 1. The first-order valence-corrected chi connectivity index (χ1v) is 9.36. The van der Waals surface area contributed by atoms with Gasteiger partial charge >= 0.3 is 0 Å². The lowest BCUT2D eigenvalue weighted by Gasteiger charge is -2.31. The van der Waals surface area contributed by atoms with E-state index in [2.05, 4.69) is 33.4 Å². The zero-order valence-corrected chi connectivity index (χ0v) is 15.7. The predicted octanol–water partition coefficient (Wildman–Crippen LogP) is 4.62. The Hall–Kier alpha value is -3.47. The summed E-state index contributed by atoms with van der Waals surface area (Å²) in [5, 5.41) is 2.80. The fraction of sp³-hybridized carbons (Fsp3) is 0.174. The molecule has 0 radical (unpaired) electrons. The van der Waals surface area contributed by atoms with Gasteiger partial charge in [-0.05, 0) is 55.7 Å². The summed E-state index contributed by atoms with van der Waals surface area (Å²) >= 11 is 0. The van der Waals surface area contributed by atoms with Crippen LogP contribution in [0.1, 0.15) is 39.8 Å². The maximum atomic E-state index is 12.5. The standard InChI is InChI=1S/C23H21N3O2/c1-16(27)18-7-4-9-19(14-18)25-23(28)21-12-11-20(15-24-21)26-13-5-8-17-6-2-3-10-22(17)26/h2-4,6-7,9-12,14-15H,5,8,13H2,1H3,(H,25,28). The molecule has 5 nitrogen and oxygen atoms in total. The lowest BCUT2D eigenvalue weighted by molar-refractivity contribution is 0.100. The largest absolute Gasteiger partial charge is 0.340 e. The van der Waals surface area contributed by atoms with E-state index in [9.17, 15) is 9.59 Å². The minimum atomic E-state index is -0.300. The molecule has 2 aromatic carbocycles. The van der Waals surface area contributed by atoms with E-state index >= 15 is 0 Å². The van der Waals surface area contributed by atoms with Crippen molar-refractivity contribution >= 4 is 28.8 Å². The smallest absolute Gasteiger partial charge is 0.274 e. The summed E-state index contributed by atoms with van der Waals surface area (Å²) in [4.78, 5) is 30.6. The van der Waals surface area contributed by atoms with Crippen LogP contribution in [0.5, 0.6) is 0 Å². The van der Waals surface area contributed by atoms with Crippen molar-refractivity contribution in [2.45, 2.75) is 19.8 Å². The Labute approximate surface area is 164 Å². The van der Waals surface area contributed by atoms with E-state index in [0.717, 1.165) is 25.1 Å². The van der Waals surface area contributed by atoms with Gasteiger partial charge in [0.25, 0.3) is 5.91 Å². The summed E-state index contributed by atoms with van der Waals surface area (Å²) in [7, 11) is 0. The molecular weight excluding hydrogens is 350 g/mol. The second kappa shape index (κ2) is 7.64. The number of fused-ring (bicyclic) bond motifs is 1. The third-order valence-corrected chi connectivity index (χ3v) is 4.93. The fourth-order valence-corrected chi connectivity index (χ4v) is 3.49. The molecule has 1 aliphatic rings. The zero-order chi connectivity index (χ0) is 19.5. The first kappa shape index (κ1) is 17.9. The average molecular weight is 371 g/mol. The SMILES string of the molecule is CC(=O)c1cccc(NC(=O)c2ccc(N3CCCc4ccccc43)cn2)c1. The number of nitrogens with one attached hydrogen (secondary N) is 1. The van der Waals surface area contributed by atoms with Crippen LogP contribution in [0.15, 0.2) is 66.9 Å². The molecule has 3 aromatic rings. The Morgan fingerprint density at radius 2 is 1.89 bits per heavy atom. The highest BCUT2D eigenvalue weighted by Gasteiger charge is 2.18. The van der Waals surface area contributed by atoms with Crippen LogP contribution in [-0.4, -0.2) is 23.2 Å². The Morgan fingerprint density at radius 1 is 1.04 bits per heavy atom. The number of ketones is 1. The van der Waals surface area contributed by atoms with Gasteiger partial charge in [-0.25, -0.2) is 4.98 Å². The van der Waals surface area contributed by atoms with E-state index in [-0.39, 0.29) is 11.7 Å². The van der Waals surface area contributed by atoms with Crippen molar-refractivity contribution in [3.05, 3.63) is 83.7 Å². The highest BCUT2D eigenvalue weighted by Crippen LogP contribution is 2.32. The molecule has 0 saturated carbocycles. The third-order valence-electron chi connectivity index (χ3n) is 4.93. The van der Waals surface area contributed by atoms with Crippen molar-refractivity contribution in [3.63, 3.8) is 0 Å². The number of aryl methyl sites for hydroxylation is 1. The second-order valence-electron chi connectivity index (χ2n) is 6.88. The van der Waals surface area contributed by atoms with Gasteiger partial charge in [0, 0.05) is 23.5 Å². The molecule has 140 valence electrons. The zero-order valence-electron chi connectivity index (χ0n) is 15.7. The number of benzene rings is 2. The van der Waals surface area contributed by atoms with Crippen LogP contribution in [0.3, 0.4) is 0 Å². The number of carbonyl (C=O) groups excluding carboxylic acids is 2. The van der Waals surface area contributed by atoms with Crippen molar-refractivity contribution in [3.8, 4) is 0 Å². The summed E-state index contributed by atoms with van der Waals surface area (Å²) in [6, 6.07) is 18.9. The molecule has 28 heavy (non-hydrogen) atoms. The summed E-state index contributed by atoms with van der Waals surface area (Å²) in [6.45, 7) is 2.43. The number of pyridine rings is 1. The average Bonchev–Trinajstić information content (AvgIpc) is 2.73. The van der Waals surface area contributed by atoms with Crippen LogP contribution in [0.2, 0.25) is 0 Å². The molecule has 1 amide bonds. The van der Waals surface area contributed by atoms with Crippen LogP contribution in [0, 0.1) is 0 Å². The molecule has 0 unspecified atom stereocenters. The van der Waals surface area contributed by atoms with Crippen LogP contribution < -0.4 is 10.2 Å². The third kappa shape index (κ3) is 3.64. The molecule has 2 heterocycles. The molecule has 0 fully saturated rings. The molecular formula is C23H21N3O2. The number of hydrogen-bond acceptors (Lipinski definition) is 4. The van der Waals surface area contributed by atoms with E-state index in [1.165, 1.54) is 18.2 Å². The number of para-hydroxylation sites is 1. The minimum Gasteiger partial charge on any atom is -0.340 e. The monoisotopic (exact) mass is 371 g/mol. The molecule has 0 bridgehead atoms. The van der Waals surface area contributed by atoms with Crippen LogP contribution in [-0.2, 0) is 6.42 Å². The number of rotatable bonds is 4.